The van der Waals surface area contributed by atoms with Crippen LogP contribution >= 0.6 is 0 Å². The van der Waals surface area contributed by atoms with E-state index in [4.69, 9.17) is 0 Å². The van der Waals surface area contributed by atoms with E-state index in [-0.39, 0.29) is 0 Å². The summed E-state index contributed by atoms with van der Waals surface area (Å²) in [6.45, 7) is 0. The maximum atomic E-state index is 2.52. The Labute approximate surface area is 367 Å². The SMILES string of the molecule is C1=CCC(c2cccc(-n3c4ccc(-c5cccc6c5c5ccccc5n6-c5ccccc5)cc4c4cc(C5(c6ccccc6)c6ccccc6-c6ccccc65)ccc43)c2)C=C1. The third kappa shape index (κ3) is 5.25. The second kappa shape index (κ2) is 14.1. The van der Waals surface area contributed by atoms with E-state index in [0.717, 1.165) is 12.1 Å². The molecule has 1 atom stereocenters. The van der Waals surface area contributed by atoms with Crippen molar-refractivity contribution in [3.8, 4) is 33.6 Å². The largest absolute Gasteiger partial charge is 0.309 e. The van der Waals surface area contributed by atoms with E-state index in [2.05, 4.69) is 246 Å². The van der Waals surface area contributed by atoms with E-state index < -0.39 is 5.41 Å². The van der Waals surface area contributed by atoms with Gasteiger partial charge in [0.05, 0.1) is 27.5 Å². The summed E-state index contributed by atoms with van der Waals surface area (Å²) in [5.74, 6) is 0.355. The molecule has 2 nitrogen and oxygen atoms in total. The molecule has 0 spiro atoms. The Kier molecular flexibility index (Phi) is 7.98. The average molecular weight is 803 g/mol. The molecule has 0 aliphatic heterocycles. The van der Waals surface area contributed by atoms with Crippen molar-refractivity contribution in [1.29, 1.82) is 0 Å². The lowest BCUT2D eigenvalue weighted by atomic mass is 9.67. The van der Waals surface area contributed by atoms with Crippen LogP contribution in [-0.4, -0.2) is 9.13 Å². The van der Waals surface area contributed by atoms with E-state index in [9.17, 15) is 0 Å². The Morgan fingerprint density at radius 3 is 1.78 bits per heavy atom. The second-order valence-electron chi connectivity index (χ2n) is 17.1. The second-order valence-corrected chi connectivity index (χ2v) is 17.1. The van der Waals surface area contributed by atoms with Crippen LogP contribution in [0.3, 0.4) is 0 Å². The standard InChI is InChI=1S/C61H42N2/c1-4-18-41(19-5-1)42-20-16-25-47(38-42)63-57-36-34-43(48-29-17-33-59-60(48)51-28-12-15-32-56(51)62(59)46-23-8-3-9-24-46)39-52(57)53-40-45(35-37-58(53)63)61(44-21-6-2-7-22-44)54-30-13-10-26-49(54)50-27-11-14-31-55(50)61/h1-18,20-41H,19H2. The van der Waals surface area contributed by atoms with Gasteiger partial charge in [0.25, 0.3) is 0 Å². The van der Waals surface area contributed by atoms with Gasteiger partial charge in [-0.05, 0) is 117 Å². The molecule has 11 aromatic rings. The first-order chi connectivity index (χ1) is 31.3. The Morgan fingerprint density at radius 1 is 0.397 bits per heavy atom. The molecule has 0 fully saturated rings. The summed E-state index contributed by atoms with van der Waals surface area (Å²) in [6.07, 6.45) is 9.96. The van der Waals surface area contributed by atoms with Crippen LogP contribution in [0, 0.1) is 0 Å². The molecule has 13 rings (SSSR count). The highest BCUT2D eigenvalue weighted by Gasteiger charge is 2.46. The summed E-state index contributed by atoms with van der Waals surface area (Å²) in [5, 5.41) is 5.00. The number of aromatic nitrogens is 2. The number of para-hydroxylation sites is 2. The van der Waals surface area contributed by atoms with Crippen molar-refractivity contribution in [3.63, 3.8) is 0 Å². The smallest absolute Gasteiger partial charge is 0.0713 e. The zero-order valence-electron chi connectivity index (χ0n) is 34.7. The van der Waals surface area contributed by atoms with Gasteiger partial charge in [0.15, 0.2) is 0 Å². The van der Waals surface area contributed by atoms with E-state index >= 15 is 0 Å². The number of benzene rings is 9. The number of nitrogens with zero attached hydrogens (tertiary/aromatic N) is 2. The topological polar surface area (TPSA) is 9.86 Å². The maximum Gasteiger partial charge on any atom is 0.0713 e. The highest BCUT2D eigenvalue weighted by atomic mass is 15.0. The zero-order chi connectivity index (χ0) is 41.5. The first-order valence-electron chi connectivity index (χ1n) is 22.1. The highest BCUT2D eigenvalue weighted by molar-refractivity contribution is 6.17. The fourth-order valence-corrected chi connectivity index (χ4v) is 11.3. The van der Waals surface area contributed by atoms with E-state index in [0.29, 0.717) is 5.92 Å². The van der Waals surface area contributed by atoms with Crippen molar-refractivity contribution in [2.24, 2.45) is 0 Å². The predicted octanol–water partition coefficient (Wildman–Crippen LogP) is 15.5. The normalized spacial score (nSPS) is 15.1. The molecule has 0 saturated heterocycles. The van der Waals surface area contributed by atoms with E-state index in [1.54, 1.807) is 0 Å². The van der Waals surface area contributed by atoms with Crippen molar-refractivity contribution in [1.82, 2.24) is 9.13 Å². The molecule has 0 N–H and O–H groups in total. The third-order valence-electron chi connectivity index (χ3n) is 13.9. The highest BCUT2D eigenvalue weighted by Crippen LogP contribution is 2.56. The van der Waals surface area contributed by atoms with Crippen molar-refractivity contribution in [3.05, 3.63) is 264 Å². The van der Waals surface area contributed by atoms with Gasteiger partial charge in [0.2, 0.25) is 0 Å². The van der Waals surface area contributed by atoms with E-state index in [1.807, 2.05) is 0 Å². The molecule has 0 bridgehead atoms. The molecule has 9 aromatic carbocycles. The first kappa shape index (κ1) is 35.8. The van der Waals surface area contributed by atoms with Gasteiger partial charge in [-0.1, -0.05) is 176 Å². The van der Waals surface area contributed by atoms with Gasteiger partial charge in [-0.25, -0.2) is 0 Å². The lowest BCUT2D eigenvalue weighted by Crippen LogP contribution is -2.28. The molecular formula is C61H42N2. The van der Waals surface area contributed by atoms with Gasteiger partial charge in [-0.2, -0.15) is 0 Å². The van der Waals surface area contributed by atoms with Gasteiger partial charge < -0.3 is 9.13 Å². The molecule has 63 heavy (non-hydrogen) atoms. The quantitative estimate of drug-likeness (QED) is 0.158. The zero-order valence-corrected chi connectivity index (χ0v) is 34.7. The number of fused-ring (bicyclic) bond motifs is 9. The molecular weight excluding hydrogens is 761 g/mol. The van der Waals surface area contributed by atoms with Crippen LogP contribution in [0.4, 0.5) is 0 Å². The van der Waals surface area contributed by atoms with Crippen LogP contribution in [0.2, 0.25) is 0 Å². The molecule has 2 heterocycles. The molecule has 2 aliphatic carbocycles. The van der Waals surface area contributed by atoms with Crippen LogP contribution in [0.1, 0.15) is 40.2 Å². The maximum absolute atomic E-state index is 2.52. The minimum Gasteiger partial charge on any atom is -0.309 e. The summed E-state index contributed by atoms with van der Waals surface area (Å²) >= 11 is 0. The predicted molar refractivity (Wildman–Crippen MR) is 263 cm³/mol. The molecule has 1 unspecified atom stereocenters. The summed E-state index contributed by atoms with van der Waals surface area (Å²) < 4.78 is 4.91. The summed E-state index contributed by atoms with van der Waals surface area (Å²) in [5.41, 5.74) is 18.2. The molecule has 2 aliphatic rings. The van der Waals surface area contributed by atoms with Crippen molar-refractivity contribution < 1.29 is 0 Å². The van der Waals surface area contributed by atoms with Crippen LogP contribution in [0.5, 0.6) is 0 Å². The molecule has 0 amide bonds. The molecule has 2 heteroatoms. The lowest BCUT2D eigenvalue weighted by molar-refractivity contribution is 0.770. The monoisotopic (exact) mass is 802 g/mol. The average Bonchev–Trinajstić information content (AvgIpc) is 3.99. The van der Waals surface area contributed by atoms with E-state index in [1.165, 1.54) is 99.4 Å². The number of hydrogen-bond donors (Lipinski definition) is 0. The lowest BCUT2D eigenvalue weighted by Gasteiger charge is -2.34. The van der Waals surface area contributed by atoms with Gasteiger partial charge in [0.1, 0.15) is 0 Å². The van der Waals surface area contributed by atoms with Crippen LogP contribution in [-0.2, 0) is 5.41 Å². The molecule has 0 saturated carbocycles. The Hall–Kier alpha value is -7.94. The van der Waals surface area contributed by atoms with Gasteiger partial charge in [-0.3, -0.25) is 0 Å². The fourth-order valence-electron chi connectivity index (χ4n) is 11.3. The summed E-state index contributed by atoms with van der Waals surface area (Å²) in [4.78, 5) is 0. The molecule has 296 valence electrons. The number of allylic oxidation sites excluding steroid dienone is 4. The van der Waals surface area contributed by atoms with Crippen molar-refractivity contribution in [2.75, 3.05) is 0 Å². The Balaban J connectivity index is 1.10. The van der Waals surface area contributed by atoms with Crippen LogP contribution < -0.4 is 0 Å². The van der Waals surface area contributed by atoms with Gasteiger partial charge in [0, 0.05) is 38.8 Å². The molecule has 0 radical (unpaired) electrons. The Bertz CT molecular complexity index is 3610. The number of rotatable bonds is 6. The molecule has 2 aromatic heterocycles. The Morgan fingerprint density at radius 2 is 1.00 bits per heavy atom. The van der Waals surface area contributed by atoms with Gasteiger partial charge >= 0.3 is 0 Å². The fraction of sp³-hybridized carbons (Fsp3) is 0.0492. The third-order valence-corrected chi connectivity index (χ3v) is 13.9. The first-order valence-corrected chi connectivity index (χ1v) is 22.1. The summed E-state index contributed by atoms with van der Waals surface area (Å²) in [7, 11) is 0. The minimum absolute atomic E-state index is 0.355. The minimum atomic E-state index is -0.500. The van der Waals surface area contributed by atoms with Crippen LogP contribution in [0.25, 0.3) is 77.2 Å². The summed E-state index contributed by atoms with van der Waals surface area (Å²) in [6, 6.07) is 79.3. The number of hydrogen-bond acceptors (Lipinski definition) is 0. The van der Waals surface area contributed by atoms with Crippen molar-refractivity contribution in [2.45, 2.75) is 17.8 Å². The van der Waals surface area contributed by atoms with Gasteiger partial charge in [-0.15, -0.1) is 0 Å². The van der Waals surface area contributed by atoms with Crippen molar-refractivity contribution >= 4 is 43.6 Å². The van der Waals surface area contributed by atoms with Crippen LogP contribution in [0.15, 0.2) is 237 Å².